The van der Waals surface area contributed by atoms with E-state index in [0.29, 0.717) is 19.7 Å². The maximum atomic E-state index is 5.38. The Hall–Kier alpha value is -1.81. The van der Waals surface area contributed by atoms with Crippen LogP contribution in [0.15, 0.2) is 41.9 Å². The minimum absolute atomic E-state index is 0.654. The maximum Gasteiger partial charge on any atom is 0.191 e. The molecule has 1 rings (SSSR count). The van der Waals surface area contributed by atoms with E-state index in [-0.39, 0.29) is 0 Å². The van der Waals surface area contributed by atoms with Gasteiger partial charge in [0.25, 0.3) is 0 Å². The van der Waals surface area contributed by atoms with Crippen LogP contribution in [0.25, 0.3) is 0 Å². The number of aliphatic imine (C=N–C) groups is 1. The molecule has 0 radical (unpaired) electrons. The summed E-state index contributed by atoms with van der Waals surface area (Å²) in [5, 5.41) is 6.38. The topological polar surface area (TPSA) is 45.7 Å². The third-order valence-corrected chi connectivity index (χ3v) is 2.67. The Morgan fingerprint density at radius 2 is 1.90 bits per heavy atom. The van der Waals surface area contributed by atoms with Gasteiger partial charge in [-0.3, -0.25) is 0 Å². The molecule has 20 heavy (non-hydrogen) atoms. The lowest BCUT2D eigenvalue weighted by molar-refractivity contribution is 0.134. The molecule has 0 fully saturated rings. The SMILES string of the molecule is C=CCNC(=NCc1ccc(COCC)cc1)NCC. The second kappa shape index (κ2) is 10.0. The van der Waals surface area contributed by atoms with Crippen molar-refractivity contribution in [1.82, 2.24) is 10.6 Å². The van der Waals surface area contributed by atoms with Crippen molar-refractivity contribution in [3.05, 3.63) is 48.0 Å². The van der Waals surface area contributed by atoms with Gasteiger partial charge in [-0.2, -0.15) is 0 Å². The smallest absolute Gasteiger partial charge is 0.191 e. The monoisotopic (exact) mass is 275 g/mol. The highest BCUT2D eigenvalue weighted by atomic mass is 16.5. The summed E-state index contributed by atoms with van der Waals surface area (Å²) >= 11 is 0. The van der Waals surface area contributed by atoms with E-state index in [9.17, 15) is 0 Å². The number of nitrogens with one attached hydrogen (secondary N) is 2. The quantitative estimate of drug-likeness (QED) is 0.435. The van der Waals surface area contributed by atoms with Crippen molar-refractivity contribution in [3.8, 4) is 0 Å². The second-order valence-corrected chi connectivity index (χ2v) is 4.32. The highest BCUT2D eigenvalue weighted by Gasteiger charge is 1.97. The lowest BCUT2D eigenvalue weighted by atomic mass is 10.1. The largest absolute Gasteiger partial charge is 0.377 e. The summed E-state index contributed by atoms with van der Waals surface area (Å²) in [6, 6.07) is 8.36. The van der Waals surface area contributed by atoms with E-state index in [1.807, 2.05) is 19.9 Å². The zero-order valence-corrected chi connectivity index (χ0v) is 12.5. The van der Waals surface area contributed by atoms with E-state index in [2.05, 4.69) is 46.5 Å². The molecule has 110 valence electrons. The third kappa shape index (κ3) is 6.38. The molecule has 0 atom stereocenters. The summed E-state index contributed by atoms with van der Waals surface area (Å²) in [7, 11) is 0. The van der Waals surface area contributed by atoms with Gasteiger partial charge in [-0.15, -0.1) is 6.58 Å². The molecule has 0 heterocycles. The van der Waals surface area contributed by atoms with Crippen molar-refractivity contribution in [2.24, 2.45) is 4.99 Å². The first-order valence-electron chi connectivity index (χ1n) is 7.08. The van der Waals surface area contributed by atoms with Crippen LogP contribution in [-0.2, 0) is 17.9 Å². The second-order valence-electron chi connectivity index (χ2n) is 4.32. The highest BCUT2D eigenvalue weighted by molar-refractivity contribution is 5.79. The van der Waals surface area contributed by atoms with E-state index in [1.165, 1.54) is 11.1 Å². The summed E-state index contributed by atoms with van der Waals surface area (Å²) in [6.07, 6.45) is 1.81. The van der Waals surface area contributed by atoms with E-state index < -0.39 is 0 Å². The van der Waals surface area contributed by atoms with Gasteiger partial charge in [0.15, 0.2) is 5.96 Å². The van der Waals surface area contributed by atoms with Crippen LogP contribution in [0.3, 0.4) is 0 Å². The molecule has 0 aromatic heterocycles. The Morgan fingerprint density at radius 1 is 1.20 bits per heavy atom. The number of benzene rings is 1. The van der Waals surface area contributed by atoms with Gasteiger partial charge in [0.1, 0.15) is 0 Å². The van der Waals surface area contributed by atoms with Gasteiger partial charge in [0.2, 0.25) is 0 Å². The first-order valence-corrected chi connectivity index (χ1v) is 7.08. The summed E-state index contributed by atoms with van der Waals surface area (Å²) in [6.45, 7) is 11.4. The van der Waals surface area contributed by atoms with Crippen molar-refractivity contribution in [3.63, 3.8) is 0 Å². The number of hydrogen-bond donors (Lipinski definition) is 2. The minimum Gasteiger partial charge on any atom is -0.377 e. The molecular weight excluding hydrogens is 250 g/mol. The Morgan fingerprint density at radius 3 is 2.50 bits per heavy atom. The number of nitrogens with zero attached hydrogens (tertiary/aromatic N) is 1. The first kappa shape index (κ1) is 16.2. The Kier molecular flexibility index (Phi) is 8.15. The van der Waals surface area contributed by atoms with Gasteiger partial charge >= 0.3 is 0 Å². The Labute approximate surface area is 121 Å². The predicted octanol–water partition coefficient (Wildman–Crippen LogP) is 2.46. The molecule has 2 N–H and O–H groups in total. The summed E-state index contributed by atoms with van der Waals surface area (Å²) in [5.41, 5.74) is 2.37. The average molecular weight is 275 g/mol. The molecule has 0 aliphatic carbocycles. The predicted molar refractivity (Wildman–Crippen MR) is 84.8 cm³/mol. The van der Waals surface area contributed by atoms with Gasteiger partial charge < -0.3 is 15.4 Å². The summed E-state index contributed by atoms with van der Waals surface area (Å²) in [4.78, 5) is 4.53. The van der Waals surface area contributed by atoms with Gasteiger partial charge in [0.05, 0.1) is 13.2 Å². The molecule has 0 saturated carbocycles. The lowest BCUT2D eigenvalue weighted by Gasteiger charge is -2.09. The summed E-state index contributed by atoms with van der Waals surface area (Å²) < 4.78 is 5.38. The normalized spacial score (nSPS) is 11.2. The molecule has 0 amide bonds. The van der Waals surface area contributed by atoms with Gasteiger partial charge in [0, 0.05) is 19.7 Å². The molecule has 1 aromatic carbocycles. The zero-order chi connectivity index (χ0) is 14.6. The molecule has 4 nitrogen and oxygen atoms in total. The van der Waals surface area contributed by atoms with Crippen LogP contribution in [-0.4, -0.2) is 25.7 Å². The van der Waals surface area contributed by atoms with Crippen LogP contribution in [0.4, 0.5) is 0 Å². The molecule has 0 saturated heterocycles. The highest BCUT2D eigenvalue weighted by Crippen LogP contribution is 2.06. The average Bonchev–Trinajstić information content (AvgIpc) is 2.49. The molecular formula is C16H25N3O. The van der Waals surface area contributed by atoms with E-state index >= 15 is 0 Å². The maximum absolute atomic E-state index is 5.38. The van der Waals surface area contributed by atoms with Crippen LogP contribution >= 0.6 is 0 Å². The standard InChI is InChI=1S/C16H25N3O/c1-4-11-18-16(17-5-2)19-12-14-7-9-15(10-8-14)13-20-6-3/h4,7-10H,1,5-6,11-13H2,2-3H3,(H2,17,18,19). The molecule has 4 heteroatoms. The van der Waals surface area contributed by atoms with Crippen LogP contribution < -0.4 is 10.6 Å². The van der Waals surface area contributed by atoms with Crippen molar-refractivity contribution in [2.75, 3.05) is 19.7 Å². The number of hydrogen-bond acceptors (Lipinski definition) is 2. The van der Waals surface area contributed by atoms with Crippen molar-refractivity contribution < 1.29 is 4.74 Å². The fourth-order valence-electron chi connectivity index (χ4n) is 1.64. The molecule has 0 aliphatic heterocycles. The lowest BCUT2D eigenvalue weighted by Crippen LogP contribution is -2.37. The van der Waals surface area contributed by atoms with Crippen molar-refractivity contribution >= 4 is 5.96 Å². The summed E-state index contributed by atoms with van der Waals surface area (Å²) in [5.74, 6) is 0.811. The van der Waals surface area contributed by atoms with Gasteiger partial charge in [-0.05, 0) is 25.0 Å². The fraction of sp³-hybridized carbons (Fsp3) is 0.438. The molecule has 0 spiro atoms. The van der Waals surface area contributed by atoms with E-state index in [0.717, 1.165) is 19.1 Å². The fourth-order valence-corrected chi connectivity index (χ4v) is 1.64. The van der Waals surface area contributed by atoms with Crippen LogP contribution in [0, 0.1) is 0 Å². The molecule has 0 aliphatic rings. The van der Waals surface area contributed by atoms with Gasteiger partial charge in [-0.1, -0.05) is 30.3 Å². The van der Waals surface area contributed by atoms with Crippen molar-refractivity contribution in [1.29, 1.82) is 0 Å². The molecule has 1 aromatic rings. The van der Waals surface area contributed by atoms with Crippen molar-refractivity contribution in [2.45, 2.75) is 27.0 Å². The molecule has 0 unspecified atom stereocenters. The number of rotatable bonds is 8. The Balaban J connectivity index is 2.54. The van der Waals surface area contributed by atoms with Crippen LogP contribution in [0.5, 0.6) is 0 Å². The third-order valence-electron chi connectivity index (χ3n) is 2.67. The van der Waals surface area contributed by atoms with E-state index in [1.54, 1.807) is 0 Å². The van der Waals surface area contributed by atoms with Crippen LogP contribution in [0.1, 0.15) is 25.0 Å². The van der Waals surface area contributed by atoms with Gasteiger partial charge in [-0.25, -0.2) is 4.99 Å². The molecule has 0 bridgehead atoms. The number of ether oxygens (including phenoxy) is 1. The zero-order valence-electron chi connectivity index (χ0n) is 12.5. The minimum atomic E-state index is 0.654. The Bertz CT molecular complexity index is 412. The number of guanidine groups is 1. The van der Waals surface area contributed by atoms with Crippen LogP contribution in [0.2, 0.25) is 0 Å². The first-order chi connectivity index (χ1) is 9.80. The van der Waals surface area contributed by atoms with E-state index in [4.69, 9.17) is 4.74 Å².